The second-order valence-corrected chi connectivity index (χ2v) is 10.6. The van der Waals surface area contributed by atoms with Crippen LogP contribution < -0.4 is 4.90 Å². The van der Waals surface area contributed by atoms with Gasteiger partial charge in [0, 0.05) is 59.6 Å². The highest BCUT2D eigenvalue weighted by Gasteiger charge is 2.38. The number of nitriles is 1. The van der Waals surface area contributed by atoms with E-state index in [0.29, 0.717) is 57.7 Å². The predicted octanol–water partition coefficient (Wildman–Crippen LogP) is 3.80. The molecule has 2 aliphatic heterocycles. The molecule has 0 unspecified atom stereocenters. The number of pyridine rings is 1. The number of rotatable bonds is 3. The van der Waals surface area contributed by atoms with E-state index in [4.69, 9.17) is 0 Å². The molecule has 3 aromatic rings. The van der Waals surface area contributed by atoms with Gasteiger partial charge in [0.2, 0.25) is 0 Å². The molecule has 3 amide bonds. The van der Waals surface area contributed by atoms with Gasteiger partial charge in [-0.1, -0.05) is 30.3 Å². The van der Waals surface area contributed by atoms with Crippen molar-refractivity contribution in [2.75, 3.05) is 58.3 Å². The number of anilines is 1. The molecular weight excluding hydrogens is 472 g/mol. The first-order valence-electron chi connectivity index (χ1n) is 12.3. The van der Waals surface area contributed by atoms with Crippen LogP contribution in [-0.2, 0) is 5.41 Å². The van der Waals surface area contributed by atoms with Gasteiger partial charge in [-0.05, 0) is 29.9 Å². The molecule has 8 nitrogen and oxygen atoms in total. The molecule has 186 valence electrons. The number of benzene rings is 1. The van der Waals surface area contributed by atoms with Crippen molar-refractivity contribution >= 4 is 39.2 Å². The second-order valence-electron chi connectivity index (χ2n) is 9.66. The minimum Gasteiger partial charge on any atom is -0.369 e. The molecule has 0 radical (unpaired) electrons. The second kappa shape index (κ2) is 9.78. The third-order valence-electron chi connectivity index (χ3n) is 7.37. The molecule has 2 saturated heterocycles. The smallest absolute Gasteiger partial charge is 0.319 e. The lowest BCUT2D eigenvalue weighted by Gasteiger charge is -2.40. The Hall–Kier alpha value is -3.64. The normalized spacial score (nSPS) is 17.6. The average molecular weight is 503 g/mol. The molecule has 2 aromatic heterocycles. The van der Waals surface area contributed by atoms with Gasteiger partial charge < -0.3 is 19.6 Å². The zero-order valence-corrected chi connectivity index (χ0v) is 21.5. The first kappa shape index (κ1) is 24.1. The largest absolute Gasteiger partial charge is 0.369 e. The lowest BCUT2D eigenvalue weighted by Crippen LogP contribution is -2.53. The van der Waals surface area contributed by atoms with Crippen molar-refractivity contribution in [1.29, 1.82) is 5.26 Å². The Morgan fingerprint density at radius 3 is 2.31 bits per heavy atom. The number of piperidine rings is 1. The van der Waals surface area contributed by atoms with Crippen LogP contribution in [0.25, 0.3) is 10.2 Å². The number of carbonyl (C=O) groups excluding carboxylic acids is 2. The summed E-state index contributed by atoms with van der Waals surface area (Å²) in [5.74, 6) is -0.0510. The fourth-order valence-electron chi connectivity index (χ4n) is 5.26. The van der Waals surface area contributed by atoms with Crippen molar-refractivity contribution in [1.82, 2.24) is 19.7 Å². The standard InChI is InChI=1S/C27H30N6O2S/c1-30(2)26(35)33-15-13-32(14-16-33)25(34)21-18-29-22-8-17-36-24(22)23(21)31-11-9-27(19-28,10-12-31)20-6-4-3-5-7-20/h3-8,17-18H,9-16H2,1-2H3. The summed E-state index contributed by atoms with van der Waals surface area (Å²) in [5, 5.41) is 12.1. The van der Waals surface area contributed by atoms with Crippen LogP contribution >= 0.6 is 11.3 Å². The minimum absolute atomic E-state index is 0.0304. The van der Waals surface area contributed by atoms with E-state index in [1.807, 2.05) is 46.7 Å². The lowest BCUT2D eigenvalue weighted by molar-refractivity contribution is 0.0650. The van der Waals surface area contributed by atoms with Crippen molar-refractivity contribution in [3.8, 4) is 6.07 Å². The van der Waals surface area contributed by atoms with Crippen molar-refractivity contribution in [3.05, 3.63) is 59.1 Å². The van der Waals surface area contributed by atoms with Gasteiger partial charge in [-0.25, -0.2) is 4.79 Å². The number of amides is 3. The Morgan fingerprint density at radius 1 is 1.00 bits per heavy atom. The van der Waals surface area contributed by atoms with Crippen LogP contribution in [0.5, 0.6) is 0 Å². The highest BCUT2D eigenvalue weighted by molar-refractivity contribution is 7.17. The van der Waals surface area contributed by atoms with E-state index in [9.17, 15) is 14.9 Å². The van der Waals surface area contributed by atoms with Gasteiger partial charge in [-0.3, -0.25) is 9.78 Å². The third-order valence-corrected chi connectivity index (χ3v) is 8.28. The summed E-state index contributed by atoms with van der Waals surface area (Å²) in [6, 6.07) is 14.6. The van der Waals surface area contributed by atoms with E-state index < -0.39 is 5.41 Å². The summed E-state index contributed by atoms with van der Waals surface area (Å²) < 4.78 is 1.01. The van der Waals surface area contributed by atoms with Gasteiger partial charge in [-0.2, -0.15) is 5.26 Å². The molecule has 0 saturated carbocycles. The lowest BCUT2D eigenvalue weighted by atomic mass is 9.74. The maximum absolute atomic E-state index is 13.7. The van der Waals surface area contributed by atoms with Crippen LogP contribution in [0.3, 0.4) is 0 Å². The van der Waals surface area contributed by atoms with Crippen LogP contribution in [-0.4, -0.2) is 85.0 Å². The molecule has 9 heteroatoms. The molecule has 0 aliphatic carbocycles. The third kappa shape index (κ3) is 4.26. The van der Waals surface area contributed by atoms with Gasteiger partial charge in [-0.15, -0.1) is 11.3 Å². The zero-order valence-electron chi connectivity index (χ0n) is 20.7. The van der Waals surface area contributed by atoms with Crippen LogP contribution in [0.4, 0.5) is 10.5 Å². The number of aromatic nitrogens is 1. The fourth-order valence-corrected chi connectivity index (χ4v) is 6.18. The van der Waals surface area contributed by atoms with Crippen molar-refractivity contribution in [3.63, 3.8) is 0 Å². The Balaban J connectivity index is 1.40. The number of piperazine rings is 1. The highest BCUT2D eigenvalue weighted by Crippen LogP contribution is 2.40. The molecular formula is C27H30N6O2S. The number of nitrogens with zero attached hydrogens (tertiary/aromatic N) is 6. The van der Waals surface area contributed by atoms with Gasteiger partial charge in [0.25, 0.3) is 5.91 Å². The van der Waals surface area contributed by atoms with E-state index >= 15 is 0 Å². The first-order valence-corrected chi connectivity index (χ1v) is 13.1. The Labute approximate surface area is 215 Å². The number of fused-ring (bicyclic) bond motifs is 1. The molecule has 1 aromatic carbocycles. The molecule has 0 atom stereocenters. The van der Waals surface area contributed by atoms with Crippen molar-refractivity contribution in [2.45, 2.75) is 18.3 Å². The molecule has 0 N–H and O–H groups in total. The summed E-state index contributed by atoms with van der Waals surface area (Å²) in [4.78, 5) is 38.1. The number of hydrogen-bond acceptors (Lipinski definition) is 6. The number of urea groups is 1. The molecule has 2 aliphatic rings. The summed E-state index contributed by atoms with van der Waals surface area (Å²) in [6.07, 6.45) is 3.09. The van der Waals surface area contributed by atoms with E-state index in [1.54, 1.807) is 41.4 Å². The molecule has 0 spiro atoms. The van der Waals surface area contributed by atoms with Crippen LogP contribution in [0.2, 0.25) is 0 Å². The highest BCUT2D eigenvalue weighted by atomic mass is 32.1. The van der Waals surface area contributed by atoms with Crippen LogP contribution in [0, 0.1) is 11.3 Å². The number of carbonyl (C=O) groups is 2. The van der Waals surface area contributed by atoms with Crippen molar-refractivity contribution in [2.24, 2.45) is 0 Å². The summed E-state index contributed by atoms with van der Waals surface area (Å²) >= 11 is 1.60. The first-order chi connectivity index (χ1) is 17.4. The summed E-state index contributed by atoms with van der Waals surface area (Å²) in [6.45, 7) is 3.38. The molecule has 5 rings (SSSR count). The molecule has 4 heterocycles. The topological polar surface area (TPSA) is 83.8 Å². The minimum atomic E-state index is -0.515. The van der Waals surface area contributed by atoms with Crippen molar-refractivity contribution < 1.29 is 9.59 Å². The van der Waals surface area contributed by atoms with Crippen LogP contribution in [0.1, 0.15) is 28.8 Å². The Kier molecular flexibility index (Phi) is 6.54. The van der Waals surface area contributed by atoms with E-state index in [0.717, 1.165) is 21.5 Å². The van der Waals surface area contributed by atoms with Gasteiger partial charge >= 0.3 is 6.03 Å². The quantitative estimate of drug-likeness (QED) is 0.544. The summed E-state index contributed by atoms with van der Waals surface area (Å²) in [7, 11) is 3.48. The molecule has 2 fully saturated rings. The van der Waals surface area contributed by atoms with Gasteiger partial charge in [0.15, 0.2) is 0 Å². The number of thiophene rings is 1. The Morgan fingerprint density at radius 2 is 1.67 bits per heavy atom. The van der Waals surface area contributed by atoms with E-state index in [-0.39, 0.29) is 11.9 Å². The predicted molar refractivity (Wildman–Crippen MR) is 141 cm³/mol. The van der Waals surface area contributed by atoms with Gasteiger partial charge in [0.1, 0.15) is 0 Å². The SMILES string of the molecule is CN(C)C(=O)N1CCN(C(=O)c2cnc3ccsc3c2N2CCC(C#N)(c3ccccc3)CC2)CC1. The molecule has 36 heavy (non-hydrogen) atoms. The van der Waals surface area contributed by atoms with Gasteiger partial charge in [0.05, 0.1) is 33.0 Å². The number of hydrogen-bond donors (Lipinski definition) is 0. The Bertz CT molecular complexity index is 1300. The monoisotopic (exact) mass is 502 g/mol. The molecule has 0 bridgehead atoms. The fraction of sp³-hybridized carbons (Fsp3) is 0.407. The van der Waals surface area contributed by atoms with Crippen LogP contribution in [0.15, 0.2) is 48.0 Å². The average Bonchev–Trinajstić information content (AvgIpc) is 3.41. The van der Waals surface area contributed by atoms with E-state index in [1.165, 1.54) is 0 Å². The van der Waals surface area contributed by atoms with E-state index in [2.05, 4.69) is 16.0 Å². The summed E-state index contributed by atoms with van der Waals surface area (Å²) in [5.41, 5.74) is 2.95. The maximum Gasteiger partial charge on any atom is 0.319 e. The zero-order chi connectivity index (χ0) is 25.3. The maximum atomic E-state index is 13.7.